The molecule has 1 spiro atoms. The monoisotopic (exact) mass is 512 g/mol. The average molecular weight is 513 g/mol. The molecule has 0 aliphatic carbocycles. The van der Waals surface area contributed by atoms with Gasteiger partial charge in [-0.05, 0) is 63.8 Å². The molecule has 6 nitrogen and oxygen atoms in total. The van der Waals surface area contributed by atoms with Crippen molar-refractivity contribution >= 4 is 17.5 Å². The van der Waals surface area contributed by atoms with E-state index < -0.39 is 22.9 Å². The quantitative estimate of drug-likeness (QED) is 0.564. The summed E-state index contributed by atoms with van der Waals surface area (Å²) in [5.41, 5.74) is -2.00. The van der Waals surface area contributed by atoms with Gasteiger partial charge in [-0.25, -0.2) is 4.39 Å². The number of nitrogens with zero attached hydrogens (tertiary/aromatic N) is 4. The van der Waals surface area contributed by atoms with E-state index in [9.17, 15) is 27.2 Å². The number of alkyl halides is 3. The first kappa shape index (κ1) is 26.7. The minimum atomic E-state index is -4.61. The molecule has 3 aliphatic heterocycles. The Bertz CT molecular complexity index is 950. The van der Waals surface area contributed by atoms with Gasteiger partial charge in [0.05, 0.1) is 5.41 Å². The van der Waals surface area contributed by atoms with Crippen molar-refractivity contribution < 1.29 is 27.2 Å². The zero-order chi connectivity index (χ0) is 26.3. The largest absolute Gasteiger partial charge is 0.402 e. The molecule has 3 aliphatic rings. The first-order valence-electron chi connectivity index (χ1n) is 12.7. The maximum atomic E-state index is 13.3. The minimum absolute atomic E-state index is 0.0517. The Morgan fingerprint density at radius 2 is 1.58 bits per heavy atom. The normalized spacial score (nSPS) is 23.6. The fraction of sp³-hybridized carbons (Fsp3) is 0.692. The number of carbonyl (C=O) groups is 2. The van der Waals surface area contributed by atoms with Crippen LogP contribution >= 0.6 is 0 Å². The number of hydrogen-bond donors (Lipinski definition) is 0. The van der Waals surface area contributed by atoms with E-state index in [0.29, 0.717) is 19.3 Å². The summed E-state index contributed by atoms with van der Waals surface area (Å²) in [5, 5.41) is 0. The van der Waals surface area contributed by atoms with Crippen LogP contribution in [-0.2, 0) is 9.59 Å². The third-order valence-corrected chi connectivity index (χ3v) is 8.54. The van der Waals surface area contributed by atoms with Crippen LogP contribution in [0.2, 0.25) is 0 Å². The summed E-state index contributed by atoms with van der Waals surface area (Å²) >= 11 is 0. The number of anilines is 1. The number of carbonyl (C=O) groups excluding carboxylic acids is 2. The smallest absolute Gasteiger partial charge is 0.369 e. The van der Waals surface area contributed by atoms with E-state index in [1.165, 1.54) is 17.0 Å². The molecule has 0 bridgehead atoms. The number of rotatable bonds is 5. The maximum absolute atomic E-state index is 13.3. The van der Waals surface area contributed by atoms with Crippen LogP contribution in [0.4, 0.5) is 23.2 Å². The lowest BCUT2D eigenvalue weighted by Crippen LogP contribution is -2.53. The molecule has 200 valence electrons. The highest BCUT2D eigenvalue weighted by Crippen LogP contribution is 2.46. The zero-order valence-corrected chi connectivity index (χ0v) is 21.3. The summed E-state index contributed by atoms with van der Waals surface area (Å²) in [6, 6.07) is 6.63. The third-order valence-electron chi connectivity index (χ3n) is 8.54. The Morgan fingerprint density at radius 3 is 2.14 bits per heavy atom. The van der Waals surface area contributed by atoms with E-state index in [2.05, 4.69) is 9.80 Å². The van der Waals surface area contributed by atoms with Gasteiger partial charge in [-0.15, -0.1) is 0 Å². The Balaban J connectivity index is 1.27. The molecule has 10 heteroatoms. The third kappa shape index (κ3) is 5.06. The van der Waals surface area contributed by atoms with Gasteiger partial charge in [0.25, 0.3) is 0 Å². The van der Waals surface area contributed by atoms with Gasteiger partial charge in [-0.3, -0.25) is 14.5 Å². The number of likely N-dealkylation sites (tertiary alicyclic amines) is 2. The Morgan fingerprint density at radius 1 is 1.00 bits per heavy atom. The van der Waals surface area contributed by atoms with Crippen molar-refractivity contribution in [2.75, 3.05) is 57.8 Å². The predicted molar refractivity (Wildman–Crippen MR) is 129 cm³/mol. The van der Waals surface area contributed by atoms with E-state index in [0.717, 1.165) is 58.7 Å². The van der Waals surface area contributed by atoms with Crippen LogP contribution < -0.4 is 4.90 Å². The lowest BCUT2D eigenvalue weighted by molar-refractivity contribution is -0.218. The number of halogens is 4. The number of hydrogen-bond acceptors (Lipinski definition) is 4. The van der Waals surface area contributed by atoms with Crippen LogP contribution in [0.3, 0.4) is 0 Å². The van der Waals surface area contributed by atoms with E-state index in [1.807, 2.05) is 11.9 Å². The van der Waals surface area contributed by atoms with Gasteiger partial charge < -0.3 is 14.7 Å². The molecule has 0 unspecified atom stereocenters. The van der Waals surface area contributed by atoms with E-state index in [1.54, 1.807) is 12.1 Å². The van der Waals surface area contributed by atoms with E-state index in [4.69, 9.17) is 0 Å². The number of piperidine rings is 1. The first-order valence-corrected chi connectivity index (χ1v) is 12.7. The summed E-state index contributed by atoms with van der Waals surface area (Å²) in [5.74, 6) is -1.11. The SMILES string of the molecule is CN1C(=O)C2(CCN(C(=O)C(C)(C)C(F)(F)F)CC2)C[C@@H]1CCN1CCN(c2ccc(F)cc2)CC1. The molecule has 36 heavy (non-hydrogen) atoms. The standard InChI is InChI=1S/C26H36F4N4O2/c1-24(2,26(28,29)30)22(35)34-12-9-25(10-13-34)18-21(31(3)23(25)36)8-11-32-14-16-33(17-15-32)20-6-4-19(27)5-7-20/h4-7,21H,8-18H2,1-3H3/t21-/m0/s1. The molecule has 0 radical (unpaired) electrons. The van der Waals surface area contributed by atoms with Crippen molar-refractivity contribution in [3.63, 3.8) is 0 Å². The molecule has 1 aromatic rings. The van der Waals surface area contributed by atoms with Gasteiger partial charge in [0.15, 0.2) is 0 Å². The number of piperazine rings is 1. The first-order chi connectivity index (χ1) is 16.8. The highest BCUT2D eigenvalue weighted by molar-refractivity contribution is 5.86. The zero-order valence-electron chi connectivity index (χ0n) is 21.3. The van der Waals surface area contributed by atoms with E-state index in [-0.39, 0.29) is 30.9 Å². The molecule has 0 saturated carbocycles. The number of amides is 2. The van der Waals surface area contributed by atoms with Crippen LogP contribution in [0, 0.1) is 16.6 Å². The van der Waals surface area contributed by atoms with Crippen molar-refractivity contribution in [3.8, 4) is 0 Å². The Labute approximate surface area is 210 Å². The summed E-state index contributed by atoms with van der Waals surface area (Å²) in [4.78, 5) is 33.5. The average Bonchev–Trinajstić information content (AvgIpc) is 3.07. The summed E-state index contributed by atoms with van der Waals surface area (Å²) in [6.07, 6.45) is -2.28. The molecule has 0 N–H and O–H groups in total. The van der Waals surface area contributed by atoms with Gasteiger partial charge in [0.2, 0.25) is 11.8 Å². The van der Waals surface area contributed by atoms with Gasteiger partial charge in [-0.1, -0.05) is 0 Å². The van der Waals surface area contributed by atoms with Gasteiger partial charge in [0, 0.05) is 64.6 Å². The molecular weight excluding hydrogens is 476 g/mol. The molecule has 1 aromatic carbocycles. The van der Waals surface area contributed by atoms with Crippen molar-refractivity contribution in [2.24, 2.45) is 10.8 Å². The second-order valence-electron chi connectivity index (χ2n) is 11.1. The van der Waals surface area contributed by atoms with Crippen molar-refractivity contribution in [1.82, 2.24) is 14.7 Å². The molecule has 1 atom stereocenters. The number of benzene rings is 1. The Hall–Kier alpha value is -2.36. The van der Waals surface area contributed by atoms with Crippen LogP contribution in [0.5, 0.6) is 0 Å². The van der Waals surface area contributed by atoms with E-state index >= 15 is 0 Å². The van der Waals surface area contributed by atoms with Crippen LogP contribution in [-0.4, -0.2) is 91.6 Å². The van der Waals surface area contributed by atoms with Crippen molar-refractivity contribution in [2.45, 2.75) is 51.7 Å². The molecule has 3 heterocycles. The lowest BCUT2D eigenvalue weighted by Gasteiger charge is -2.41. The second kappa shape index (κ2) is 9.84. The van der Waals surface area contributed by atoms with Crippen LogP contribution in [0.25, 0.3) is 0 Å². The Kier molecular flexibility index (Phi) is 7.29. The fourth-order valence-corrected chi connectivity index (χ4v) is 5.80. The fourth-order valence-electron chi connectivity index (χ4n) is 5.80. The molecule has 0 aromatic heterocycles. The van der Waals surface area contributed by atoms with Gasteiger partial charge in [-0.2, -0.15) is 13.2 Å². The second-order valence-corrected chi connectivity index (χ2v) is 11.1. The molecule has 2 amide bonds. The molecule has 3 fully saturated rings. The van der Waals surface area contributed by atoms with Crippen LogP contribution in [0.1, 0.15) is 39.5 Å². The summed E-state index contributed by atoms with van der Waals surface area (Å²) in [6.45, 7) is 6.54. The lowest BCUT2D eigenvalue weighted by atomic mass is 9.75. The highest BCUT2D eigenvalue weighted by Gasteiger charge is 2.57. The predicted octanol–water partition coefficient (Wildman–Crippen LogP) is 3.77. The maximum Gasteiger partial charge on any atom is 0.402 e. The van der Waals surface area contributed by atoms with Gasteiger partial charge in [0.1, 0.15) is 11.2 Å². The summed E-state index contributed by atoms with van der Waals surface area (Å²) < 4.78 is 53.2. The van der Waals surface area contributed by atoms with Crippen LogP contribution in [0.15, 0.2) is 24.3 Å². The topological polar surface area (TPSA) is 47.1 Å². The molecule has 4 rings (SSSR count). The van der Waals surface area contributed by atoms with Gasteiger partial charge >= 0.3 is 6.18 Å². The molecule has 3 saturated heterocycles. The minimum Gasteiger partial charge on any atom is -0.369 e. The molecular formula is C26H36F4N4O2. The summed E-state index contributed by atoms with van der Waals surface area (Å²) in [7, 11) is 1.82. The van der Waals surface area contributed by atoms with Crippen molar-refractivity contribution in [1.29, 1.82) is 0 Å². The van der Waals surface area contributed by atoms with Crippen molar-refractivity contribution in [3.05, 3.63) is 30.1 Å². The highest BCUT2D eigenvalue weighted by atomic mass is 19.4.